The van der Waals surface area contributed by atoms with Crippen molar-refractivity contribution < 1.29 is 14.3 Å². The number of hydrogen-bond donors (Lipinski definition) is 0. The summed E-state index contributed by atoms with van der Waals surface area (Å²) < 4.78 is 11.7. The Morgan fingerprint density at radius 2 is 1.70 bits per heavy atom. The summed E-state index contributed by atoms with van der Waals surface area (Å²) >= 11 is 0. The van der Waals surface area contributed by atoms with Crippen LogP contribution in [0.4, 0.5) is 0 Å². The number of carbonyl (C=O) groups is 1. The molecule has 0 radical (unpaired) electrons. The van der Waals surface area contributed by atoms with E-state index in [1.165, 1.54) is 25.7 Å². The van der Waals surface area contributed by atoms with Crippen molar-refractivity contribution in [3.05, 3.63) is 11.8 Å². The first-order valence-electron chi connectivity index (χ1n) is 12.4. The van der Waals surface area contributed by atoms with Crippen LogP contribution in [0.15, 0.2) is 11.8 Å². The third kappa shape index (κ3) is 7.31. The monoisotopic (exact) mass is 420 g/mol. The molecule has 1 saturated carbocycles. The molecule has 0 amide bonds. The predicted octanol–water partition coefficient (Wildman–Crippen LogP) is 7.69. The normalized spacial score (nSPS) is 22.5. The van der Waals surface area contributed by atoms with Gasteiger partial charge in [0.25, 0.3) is 0 Å². The van der Waals surface area contributed by atoms with Crippen LogP contribution in [0.25, 0.3) is 0 Å². The molecule has 0 aromatic heterocycles. The van der Waals surface area contributed by atoms with E-state index in [1.807, 2.05) is 0 Å². The molecule has 0 spiro atoms. The summed E-state index contributed by atoms with van der Waals surface area (Å²) in [4.78, 5) is 12.4. The van der Waals surface area contributed by atoms with E-state index in [-0.39, 0.29) is 18.2 Å². The Bertz CT molecular complexity index is 588. The van der Waals surface area contributed by atoms with E-state index in [0.717, 1.165) is 37.9 Å². The van der Waals surface area contributed by atoms with E-state index in [9.17, 15) is 4.79 Å². The number of esters is 1. The Kier molecular flexibility index (Phi) is 8.50. The molecule has 2 aliphatic carbocycles. The molecule has 30 heavy (non-hydrogen) atoms. The third-order valence-electron chi connectivity index (χ3n) is 7.82. The third-order valence-corrected chi connectivity index (χ3v) is 7.82. The molecule has 2 aliphatic rings. The minimum absolute atomic E-state index is 0.0402. The van der Waals surface area contributed by atoms with Crippen molar-refractivity contribution in [1.29, 1.82) is 0 Å². The molecule has 2 rings (SSSR count). The first-order chi connectivity index (χ1) is 13.8. The van der Waals surface area contributed by atoms with Gasteiger partial charge in [0, 0.05) is 6.42 Å². The SMILES string of the molecule is CCC(C)(C)C(CC(C)(C)C)C1CC=C(OCC(=O)OC(C)(C)C2CCCC2)CC1. The highest BCUT2D eigenvalue weighted by molar-refractivity contribution is 5.71. The van der Waals surface area contributed by atoms with Crippen LogP contribution in [0.2, 0.25) is 0 Å². The highest BCUT2D eigenvalue weighted by atomic mass is 16.6. The maximum absolute atomic E-state index is 12.4. The second kappa shape index (κ2) is 10.1. The van der Waals surface area contributed by atoms with E-state index in [4.69, 9.17) is 9.47 Å². The molecule has 0 aliphatic heterocycles. The maximum atomic E-state index is 12.4. The van der Waals surface area contributed by atoms with Crippen molar-refractivity contribution in [2.75, 3.05) is 6.61 Å². The maximum Gasteiger partial charge on any atom is 0.344 e. The topological polar surface area (TPSA) is 35.5 Å². The molecular formula is C27H48O3. The second-order valence-corrected chi connectivity index (χ2v) is 12.3. The van der Waals surface area contributed by atoms with Gasteiger partial charge in [-0.1, -0.05) is 60.8 Å². The summed E-state index contributed by atoms with van der Waals surface area (Å²) in [7, 11) is 0. The lowest BCUT2D eigenvalue weighted by molar-refractivity contribution is -0.165. The molecule has 174 valence electrons. The van der Waals surface area contributed by atoms with Crippen LogP contribution in [-0.2, 0) is 14.3 Å². The lowest BCUT2D eigenvalue weighted by Crippen LogP contribution is -2.36. The summed E-state index contributed by atoms with van der Waals surface area (Å²) in [5.74, 6) is 2.63. The Morgan fingerprint density at radius 3 is 2.20 bits per heavy atom. The smallest absolute Gasteiger partial charge is 0.344 e. The van der Waals surface area contributed by atoms with Gasteiger partial charge < -0.3 is 9.47 Å². The van der Waals surface area contributed by atoms with Gasteiger partial charge in [-0.2, -0.15) is 0 Å². The summed E-state index contributed by atoms with van der Waals surface area (Å²) in [5.41, 5.74) is 0.308. The molecule has 1 fully saturated rings. The van der Waals surface area contributed by atoms with Crippen molar-refractivity contribution >= 4 is 5.97 Å². The fraction of sp³-hybridized carbons (Fsp3) is 0.889. The number of rotatable bonds is 9. The van der Waals surface area contributed by atoms with Gasteiger partial charge in [0.15, 0.2) is 6.61 Å². The first-order valence-corrected chi connectivity index (χ1v) is 12.4. The van der Waals surface area contributed by atoms with Gasteiger partial charge in [-0.3, -0.25) is 0 Å². The standard InChI is InChI=1S/C27H48O3/c1-9-26(5,6)23(18-25(2,3)4)20-14-16-22(17-15-20)29-19-24(28)30-27(7,8)21-12-10-11-13-21/h16,20-21,23H,9-15,17-19H2,1-8H3. The highest BCUT2D eigenvalue weighted by Crippen LogP contribution is 2.47. The van der Waals surface area contributed by atoms with Crippen molar-refractivity contribution in [2.45, 2.75) is 119 Å². The van der Waals surface area contributed by atoms with Crippen LogP contribution in [0, 0.1) is 28.6 Å². The zero-order valence-corrected chi connectivity index (χ0v) is 21.1. The average Bonchev–Trinajstić information content (AvgIpc) is 3.20. The average molecular weight is 421 g/mol. The van der Waals surface area contributed by atoms with Crippen molar-refractivity contribution in [3.63, 3.8) is 0 Å². The molecule has 3 nitrogen and oxygen atoms in total. The Morgan fingerprint density at radius 1 is 1.07 bits per heavy atom. The molecule has 0 bridgehead atoms. The zero-order chi connectivity index (χ0) is 22.6. The van der Waals surface area contributed by atoms with Crippen molar-refractivity contribution in [1.82, 2.24) is 0 Å². The number of ether oxygens (including phenoxy) is 2. The fourth-order valence-electron chi connectivity index (χ4n) is 5.51. The van der Waals surface area contributed by atoms with E-state index in [2.05, 4.69) is 61.5 Å². The van der Waals surface area contributed by atoms with Crippen LogP contribution in [0.1, 0.15) is 113 Å². The Labute approximate surface area is 186 Å². The molecule has 0 aromatic rings. The van der Waals surface area contributed by atoms with Gasteiger partial charge in [0.2, 0.25) is 0 Å². The minimum Gasteiger partial charge on any atom is -0.487 e. The molecule has 0 saturated heterocycles. The van der Waals surface area contributed by atoms with E-state index in [0.29, 0.717) is 28.6 Å². The quantitative estimate of drug-likeness (QED) is 0.359. The number of carbonyl (C=O) groups excluding carboxylic acids is 1. The number of hydrogen-bond acceptors (Lipinski definition) is 3. The van der Waals surface area contributed by atoms with Crippen molar-refractivity contribution in [3.8, 4) is 0 Å². The summed E-state index contributed by atoms with van der Waals surface area (Å²) in [6.07, 6.45) is 12.7. The lowest BCUT2D eigenvalue weighted by atomic mass is 9.62. The zero-order valence-electron chi connectivity index (χ0n) is 21.1. The molecule has 2 atom stereocenters. The molecular weight excluding hydrogens is 372 g/mol. The van der Waals surface area contributed by atoms with Crippen LogP contribution < -0.4 is 0 Å². The fourth-order valence-corrected chi connectivity index (χ4v) is 5.51. The highest BCUT2D eigenvalue weighted by Gasteiger charge is 2.38. The summed E-state index contributed by atoms with van der Waals surface area (Å²) in [5, 5.41) is 0. The molecule has 3 heteroatoms. The van der Waals surface area contributed by atoms with E-state index >= 15 is 0 Å². The van der Waals surface area contributed by atoms with Gasteiger partial charge in [0.1, 0.15) is 5.60 Å². The Hall–Kier alpha value is -0.990. The molecule has 0 heterocycles. The molecule has 0 aromatic carbocycles. The van der Waals surface area contributed by atoms with Gasteiger partial charge in [-0.05, 0) is 80.6 Å². The van der Waals surface area contributed by atoms with Crippen LogP contribution in [-0.4, -0.2) is 18.2 Å². The van der Waals surface area contributed by atoms with Gasteiger partial charge >= 0.3 is 5.97 Å². The van der Waals surface area contributed by atoms with Gasteiger partial charge in [-0.25, -0.2) is 4.79 Å². The molecule has 0 N–H and O–H groups in total. The first kappa shape index (κ1) is 25.3. The van der Waals surface area contributed by atoms with Crippen molar-refractivity contribution in [2.24, 2.45) is 28.6 Å². The minimum atomic E-state index is -0.380. The largest absolute Gasteiger partial charge is 0.487 e. The summed E-state index contributed by atoms with van der Waals surface area (Å²) in [6, 6.07) is 0. The Balaban J connectivity index is 1.88. The second-order valence-electron chi connectivity index (χ2n) is 12.3. The summed E-state index contributed by atoms with van der Waals surface area (Å²) in [6.45, 7) is 18.4. The van der Waals surface area contributed by atoms with Crippen LogP contribution >= 0.6 is 0 Å². The van der Waals surface area contributed by atoms with Crippen LogP contribution in [0.3, 0.4) is 0 Å². The predicted molar refractivity (Wildman–Crippen MR) is 125 cm³/mol. The van der Waals surface area contributed by atoms with Crippen LogP contribution in [0.5, 0.6) is 0 Å². The van der Waals surface area contributed by atoms with Gasteiger partial charge in [-0.15, -0.1) is 0 Å². The molecule has 2 unspecified atom stereocenters. The lowest BCUT2D eigenvalue weighted by Gasteiger charge is -2.43. The van der Waals surface area contributed by atoms with Gasteiger partial charge in [0.05, 0.1) is 5.76 Å². The van der Waals surface area contributed by atoms with E-state index < -0.39 is 0 Å². The van der Waals surface area contributed by atoms with E-state index in [1.54, 1.807) is 0 Å². The number of allylic oxidation sites excluding steroid dienone is 2.